The number of carboxylic acids is 1. The number of carbonyl (C=O) groups is 2. The van der Waals surface area contributed by atoms with Gasteiger partial charge in [-0.25, -0.2) is 18.4 Å². The van der Waals surface area contributed by atoms with Gasteiger partial charge in [0.2, 0.25) is 10.0 Å². The van der Waals surface area contributed by atoms with E-state index in [1.807, 2.05) is 0 Å². The van der Waals surface area contributed by atoms with E-state index in [4.69, 9.17) is 10.2 Å². The molecule has 1 aromatic heterocycles. The molecular formula is C11H15N3O5S. The maximum absolute atomic E-state index is 12.3. The molecule has 3 N–H and O–H groups in total. The number of primary sulfonamides is 1. The molecule has 1 aliphatic heterocycles. The summed E-state index contributed by atoms with van der Waals surface area (Å²) in [5.41, 5.74) is 0.0992. The van der Waals surface area contributed by atoms with Crippen LogP contribution in [0.2, 0.25) is 0 Å². The Morgan fingerprint density at radius 2 is 2.10 bits per heavy atom. The summed E-state index contributed by atoms with van der Waals surface area (Å²) >= 11 is 0. The van der Waals surface area contributed by atoms with Gasteiger partial charge in [0.25, 0.3) is 5.91 Å². The summed E-state index contributed by atoms with van der Waals surface area (Å²) in [5.74, 6) is -1.57. The van der Waals surface area contributed by atoms with Crippen molar-refractivity contribution in [1.82, 2.24) is 9.47 Å². The number of hydrogen-bond donors (Lipinski definition) is 2. The normalized spacial score (nSPS) is 19.3. The van der Waals surface area contributed by atoms with Crippen LogP contribution in [0.4, 0.5) is 0 Å². The lowest BCUT2D eigenvalue weighted by Crippen LogP contribution is -2.41. The van der Waals surface area contributed by atoms with Crippen molar-refractivity contribution >= 4 is 21.9 Å². The second-order valence-corrected chi connectivity index (χ2v) is 6.27. The van der Waals surface area contributed by atoms with E-state index in [-0.39, 0.29) is 10.6 Å². The van der Waals surface area contributed by atoms with E-state index in [9.17, 15) is 18.0 Å². The van der Waals surface area contributed by atoms with Gasteiger partial charge in [0.05, 0.1) is 0 Å². The third kappa shape index (κ3) is 2.54. The van der Waals surface area contributed by atoms with E-state index < -0.39 is 27.9 Å². The Hall–Kier alpha value is -1.87. The van der Waals surface area contributed by atoms with E-state index in [1.54, 1.807) is 0 Å². The Kier molecular flexibility index (Phi) is 3.57. The second-order valence-electron chi connectivity index (χ2n) is 4.71. The van der Waals surface area contributed by atoms with Gasteiger partial charge in [-0.15, -0.1) is 0 Å². The Labute approximate surface area is 115 Å². The first-order valence-corrected chi connectivity index (χ1v) is 7.49. The zero-order valence-electron chi connectivity index (χ0n) is 10.8. The highest BCUT2D eigenvalue weighted by Gasteiger charge is 2.35. The molecule has 1 aromatic rings. The molecule has 0 saturated carbocycles. The van der Waals surface area contributed by atoms with Crippen LogP contribution in [0.3, 0.4) is 0 Å². The topological polar surface area (TPSA) is 123 Å². The zero-order valence-corrected chi connectivity index (χ0v) is 11.6. The van der Waals surface area contributed by atoms with E-state index >= 15 is 0 Å². The fourth-order valence-corrected chi connectivity index (χ4v) is 2.90. The van der Waals surface area contributed by atoms with Crippen LogP contribution in [0.25, 0.3) is 0 Å². The average molecular weight is 301 g/mol. The minimum atomic E-state index is -3.90. The summed E-state index contributed by atoms with van der Waals surface area (Å²) in [6.45, 7) is 0.339. The minimum Gasteiger partial charge on any atom is -0.480 e. The minimum absolute atomic E-state index is 0.0992. The summed E-state index contributed by atoms with van der Waals surface area (Å²) < 4.78 is 23.9. The molecule has 2 heterocycles. The molecule has 110 valence electrons. The van der Waals surface area contributed by atoms with Gasteiger partial charge < -0.3 is 14.6 Å². The molecule has 9 heteroatoms. The van der Waals surface area contributed by atoms with Crippen molar-refractivity contribution in [2.75, 3.05) is 6.54 Å². The Morgan fingerprint density at radius 3 is 2.60 bits per heavy atom. The standard InChI is InChI=1S/C11H15N3O5S/c1-13-6-7(20(12,18)19)5-9(13)10(15)14-4-2-3-8(14)11(16)17/h5-6,8H,2-4H2,1H3,(H,16,17)(H2,12,18,19). The molecule has 1 saturated heterocycles. The van der Waals surface area contributed by atoms with Crippen LogP contribution in [0.1, 0.15) is 23.3 Å². The van der Waals surface area contributed by atoms with Crippen LogP contribution in [0, 0.1) is 0 Å². The lowest BCUT2D eigenvalue weighted by atomic mass is 10.2. The summed E-state index contributed by atoms with van der Waals surface area (Å²) in [5, 5.41) is 14.1. The van der Waals surface area contributed by atoms with Crippen molar-refractivity contribution in [2.45, 2.75) is 23.8 Å². The SMILES string of the molecule is Cn1cc(S(N)(=O)=O)cc1C(=O)N1CCCC1C(=O)O. The Morgan fingerprint density at radius 1 is 1.45 bits per heavy atom. The molecule has 1 fully saturated rings. The smallest absolute Gasteiger partial charge is 0.326 e. The van der Waals surface area contributed by atoms with E-state index in [0.29, 0.717) is 19.4 Å². The Bertz CT molecular complexity index is 664. The quantitative estimate of drug-likeness (QED) is 0.769. The first kappa shape index (κ1) is 14.5. The van der Waals surface area contributed by atoms with Crippen molar-refractivity contribution in [1.29, 1.82) is 0 Å². The maximum atomic E-state index is 12.3. The number of carbonyl (C=O) groups excluding carboxylic acids is 1. The number of carboxylic acid groups (broad SMARTS) is 1. The molecule has 0 aliphatic carbocycles. The molecule has 1 atom stereocenters. The highest BCUT2D eigenvalue weighted by atomic mass is 32.2. The summed E-state index contributed by atoms with van der Waals surface area (Å²) in [6.07, 6.45) is 2.23. The van der Waals surface area contributed by atoms with Crippen LogP contribution < -0.4 is 5.14 Å². The number of aryl methyl sites for hydroxylation is 1. The molecule has 0 bridgehead atoms. The highest BCUT2D eigenvalue weighted by molar-refractivity contribution is 7.89. The number of amides is 1. The molecule has 1 unspecified atom stereocenters. The van der Waals surface area contributed by atoms with E-state index in [1.165, 1.54) is 22.7 Å². The van der Waals surface area contributed by atoms with Gasteiger partial charge >= 0.3 is 5.97 Å². The number of nitrogens with zero attached hydrogens (tertiary/aromatic N) is 2. The van der Waals surface area contributed by atoms with Crippen LogP contribution in [-0.4, -0.2) is 47.5 Å². The number of nitrogens with two attached hydrogens (primary N) is 1. The van der Waals surface area contributed by atoms with Crippen LogP contribution in [-0.2, 0) is 21.9 Å². The predicted molar refractivity (Wildman–Crippen MR) is 68.5 cm³/mol. The van der Waals surface area contributed by atoms with Crippen molar-refractivity contribution < 1.29 is 23.1 Å². The molecule has 0 radical (unpaired) electrons. The lowest BCUT2D eigenvalue weighted by Gasteiger charge is -2.21. The average Bonchev–Trinajstić information content (AvgIpc) is 2.92. The number of likely N-dealkylation sites (tertiary alicyclic amines) is 1. The van der Waals surface area contributed by atoms with Gasteiger partial charge in [-0.3, -0.25) is 4.79 Å². The first-order valence-electron chi connectivity index (χ1n) is 5.95. The highest BCUT2D eigenvalue weighted by Crippen LogP contribution is 2.22. The molecule has 8 nitrogen and oxygen atoms in total. The monoisotopic (exact) mass is 301 g/mol. The van der Waals surface area contributed by atoms with Crippen molar-refractivity contribution in [2.24, 2.45) is 12.2 Å². The summed E-state index contributed by atoms with van der Waals surface area (Å²) in [7, 11) is -2.39. The molecule has 2 rings (SSSR count). The number of aliphatic carboxylic acids is 1. The first-order chi connectivity index (χ1) is 9.21. The number of sulfonamides is 1. The molecule has 1 amide bonds. The molecular weight excluding hydrogens is 286 g/mol. The van der Waals surface area contributed by atoms with Gasteiger partial charge in [0, 0.05) is 19.8 Å². The van der Waals surface area contributed by atoms with Gasteiger partial charge in [-0.2, -0.15) is 0 Å². The van der Waals surface area contributed by atoms with Crippen LogP contribution in [0.15, 0.2) is 17.2 Å². The van der Waals surface area contributed by atoms with Crippen molar-refractivity contribution in [3.63, 3.8) is 0 Å². The second kappa shape index (κ2) is 4.91. The zero-order chi connectivity index (χ0) is 15.1. The fraction of sp³-hybridized carbons (Fsp3) is 0.455. The summed E-state index contributed by atoms with van der Waals surface area (Å²) in [4.78, 5) is 24.5. The van der Waals surface area contributed by atoms with Gasteiger partial charge in [-0.1, -0.05) is 0 Å². The fourth-order valence-electron chi connectivity index (χ4n) is 2.32. The number of rotatable bonds is 3. The van der Waals surface area contributed by atoms with Gasteiger partial charge in [0.1, 0.15) is 16.6 Å². The van der Waals surface area contributed by atoms with E-state index in [0.717, 1.165) is 6.07 Å². The van der Waals surface area contributed by atoms with Crippen molar-refractivity contribution in [3.8, 4) is 0 Å². The number of aromatic nitrogens is 1. The largest absolute Gasteiger partial charge is 0.480 e. The predicted octanol–water partition coefficient (Wildman–Crippen LogP) is -0.638. The molecule has 0 aromatic carbocycles. The van der Waals surface area contributed by atoms with Crippen molar-refractivity contribution in [3.05, 3.63) is 18.0 Å². The Balaban J connectivity index is 2.35. The molecule has 20 heavy (non-hydrogen) atoms. The van der Waals surface area contributed by atoms with E-state index in [2.05, 4.69) is 0 Å². The summed E-state index contributed by atoms with van der Waals surface area (Å²) in [6, 6.07) is 0.296. The van der Waals surface area contributed by atoms with Gasteiger partial charge in [0.15, 0.2) is 0 Å². The lowest BCUT2D eigenvalue weighted by molar-refractivity contribution is -0.141. The van der Waals surface area contributed by atoms with Gasteiger partial charge in [-0.05, 0) is 18.9 Å². The van der Waals surface area contributed by atoms with Crippen LogP contribution in [0.5, 0.6) is 0 Å². The van der Waals surface area contributed by atoms with Crippen LogP contribution >= 0.6 is 0 Å². The maximum Gasteiger partial charge on any atom is 0.326 e. The number of hydrogen-bond acceptors (Lipinski definition) is 4. The molecule has 1 aliphatic rings. The third-order valence-electron chi connectivity index (χ3n) is 3.33. The molecule has 0 spiro atoms. The third-order valence-corrected chi connectivity index (χ3v) is 4.21.